The molecular formula is C20H21N3O3. The summed E-state index contributed by atoms with van der Waals surface area (Å²) in [7, 11) is 0. The van der Waals surface area contributed by atoms with Crippen molar-refractivity contribution in [2.24, 2.45) is 0 Å². The van der Waals surface area contributed by atoms with Crippen molar-refractivity contribution in [2.45, 2.75) is 32.2 Å². The number of imidazole rings is 1. The van der Waals surface area contributed by atoms with Gasteiger partial charge < -0.3 is 10.4 Å². The molecule has 1 amide bonds. The highest BCUT2D eigenvalue weighted by atomic mass is 16.4. The lowest BCUT2D eigenvalue weighted by atomic mass is 10.2. The fraction of sp³-hybridized carbons (Fsp3) is 0.250. The van der Waals surface area contributed by atoms with Gasteiger partial charge in [0.15, 0.2) is 0 Å². The smallest absolute Gasteiger partial charge is 0.305 e. The third kappa shape index (κ3) is 4.08. The number of hydrogen-bond acceptors (Lipinski definition) is 3. The van der Waals surface area contributed by atoms with Crippen LogP contribution in [0.2, 0.25) is 0 Å². The number of amides is 1. The number of rotatable bonds is 7. The Morgan fingerprint density at radius 2 is 1.81 bits per heavy atom. The van der Waals surface area contributed by atoms with Gasteiger partial charge in [0.25, 0.3) is 0 Å². The molecule has 2 aromatic carbocycles. The molecule has 3 rings (SSSR count). The summed E-state index contributed by atoms with van der Waals surface area (Å²) in [4.78, 5) is 27.5. The van der Waals surface area contributed by atoms with Gasteiger partial charge >= 0.3 is 5.97 Å². The Balaban J connectivity index is 1.80. The van der Waals surface area contributed by atoms with Crippen LogP contribution in [-0.2, 0) is 16.0 Å². The second kappa shape index (κ2) is 7.82. The third-order valence-corrected chi connectivity index (χ3v) is 4.11. The highest BCUT2D eigenvalue weighted by Crippen LogP contribution is 2.22. The van der Waals surface area contributed by atoms with Crippen molar-refractivity contribution in [3.63, 3.8) is 0 Å². The van der Waals surface area contributed by atoms with Crippen LogP contribution in [0.3, 0.4) is 0 Å². The SMILES string of the molecule is CC(CC(=O)O)NC(=O)CCc1nc2ccccc2n1-c1ccccc1. The summed E-state index contributed by atoms with van der Waals surface area (Å²) < 4.78 is 2.06. The third-order valence-electron chi connectivity index (χ3n) is 4.11. The molecule has 3 aromatic rings. The largest absolute Gasteiger partial charge is 0.481 e. The zero-order valence-corrected chi connectivity index (χ0v) is 14.6. The summed E-state index contributed by atoms with van der Waals surface area (Å²) in [6.07, 6.45) is 0.629. The predicted molar refractivity (Wildman–Crippen MR) is 99.2 cm³/mol. The molecule has 1 aromatic heterocycles. The molecular weight excluding hydrogens is 330 g/mol. The summed E-state index contributed by atoms with van der Waals surface area (Å²) >= 11 is 0. The summed E-state index contributed by atoms with van der Waals surface area (Å²) in [6.45, 7) is 1.69. The van der Waals surface area contributed by atoms with E-state index in [4.69, 9.17) is 5.11 Å². The molecule has 0 radical (unpaired) electrons. The first-order valence-electron chi connectivity index (χ1n) is 8.57. The maximum atomic E-state index is 12.1. The lowest BCUT2D eigenvalue weighted by Gasteiger charge is -2.12. The highest BCUT2D eigenvalue weighted by molar-refractivity contribution is 5.79. The number of aryl methyl sites for hydroxylation is 1. The van der Waals surface area contributed by atoms with E-state index in [9.17, 15) is 9.59 Å². The number of nitrogens with zero attached hydrogens (tertiary/aromatic N) is 2. The lowest BCUT2D eigenvalue weighted by molar-refractivity contribution is -0.137. The van der Waals surface area contributed by atoms with Gasteiger partial charge in [-0.05, 0) is 31.2 Å². The zero-order chi connectivity index (χ0) is 18.5. The second-order valence-corrected chi connectivity index (χ2v) is 6.25. The minimum absolute atomic E-state index is 0.0890. The van der Waals surface area contributed by atoms with Gasteiger partial charge in [0.2, 0.25) is 5.91 Å². The van der Waals surface area contributed by atoms with Crippen molar-refractivity contribution in [3.05, 3.63) is 60.4 Å². The van der Waals surface area contributed by atoms with E-state index < -0.39 is 12.0 Å². The molecule has 2 N–H and O–H groups in total. The molecule has 6 nitrogen and oxygen atoms in total. The number of para-hydroxylation sites is 3. The standard InChI is InChI=1S/C20H21N3O3/c1-14(13-20(25)26)21-19(24)12-11-18-22-16-9-5-6-10-17(16)23(18)15-7-3-2-4-8-15/h2-10,14H,11-13H2,1H3,(H,21,24)(H,25,26). The number of aliphatic carboxylic acids is 1. The molecule has 0 aliphatic heterocycles. The summed E-state index contributed by atoms with van der Waals surface area (Å²) in [5.41, 5.74) is 2.87. The number of fused-ring (bicyclic) bond motifs is 1. The van der Waals surface area contributed by atoms with E-state index in [1.807, 2.05) is 54.6 Å². The minimum atomic E-state index is -0.927. The van der Waals surface area contributed by atoms with E-state index >= 15 is 0 Å². The van der Waals surface area contributed by atoms with Crippen molar-refractivity contribution < 1.29 is 14.7 Å². The molecule has 134 valence electrons. The summed E-state index contributed by atoms with van der Waals surface area (Å²) in [5.74, 6) is -0.299. The monoisotopic (exact) mass is 351 g/mol. The first kappa shape index (κ1) is 17.7. The number of carbonyl (C=O) groups is 2. The number of aromatic nitrogens is 2. The van der Waals surface area contributed by atoms with Crippen LogP contribution >= 0.6 is 0 Å². The van der Waals surface area contributed by atoms with Gasteiger partial charge in [0, 0.05) is 24.6 Å². The average Bonchev–Trinajstić information content (AvgIpc) is 2.98. The quantitative estimate of drug-likeness (QED) is 0.685. The average molecular weight is 351 g/mol. The fourth-order valence-electron chi connectivity index (χ4n) is 2.99. The van der Waals surface area contributed by atoms with E-state index in [1.54, 1.807) is 6.92 Å². The zero-order valence-electron chi connectivity index (χ0n) is 14.6. The number of benzene rings is 2. The fourth-order valence-corrected chi connectivity index (χ4v) is 2.99. The Morgan fingerprint density at radius 3 is 2.54 bits per heavy atom. The van der Waals surface area contributed by atoms with Gasteiger partial charge in [-0.25, -0.2) is 4.98 Å². The molecule has 0 aliphatic rings. The molecule has 0 spiro atoms. The number of carboxylic acid groups (broad SMARTS) is 1. The van der Waals surface area contributed by atoms with Crippen LogP contribution in [0, 0.1) is 0 Å². The topological polar surface area (TPSA) is 84.2 Å². The number of carboxylic acids is 1. The highest BCUT2D eigenvalue weighted by Gasteiger charge is 2.15. The predicted octanol–water partition coefficient (Wildman–Crippen LogP) is 2.94. The van der Waals surface area contributed by atoms with Crippen LogP contribution < -0.4 is 5.32 Å². The maximum absolute atomic E-state index is 12.1. The summed E-state index contributed by atoms with van der Waals surface area (Å²) in [6, 6.07) is 17.4. The number of hydrogen-bond donors (Lipinski definition) is 2. The molecule has 1 heterocycles. The Labute approximate surface area is 151 Å². The van der Waals surface area contributed by atoms with Crippen LogP contribution in [0.1, 0.15) is 25.6 Å². The second-order valence-electron chi connectivity index (χ2n) is 6.25. The van der Waals surface area contributed by atoms with E-state index in [0.29, 0.717) is 6.42 Å². The van der Waals surface area contributed by atoms with Crippen LogP contribution in [0.25, 0.3) is 16.7 Å². The maximum Gasteiger partial charge on any atom is 0.305 e. The Kier molecular flexibility index (Phi) is 5.31. The van der Waals surface area contributed by atoms with Crippen molar-refractivity contribution in [2.75, 3.05) is 0 Å². The first-order valence-corrected chi connectivity index (χ1v) is 8.57. The van der Waals surface area contributed by atoms with Gasteiger partial charge in [-0.3, -0.25) is 14.2 Å². The van der Waals surface area contributed by atoms with E-state index in [-0.39, 0.29) is 18.7 Å². The Hall–Kier alpha value is -3.15. The van der Waals surface area contributed by atoms with Crippen LogP contribution in [0.15, 0.2) is 54.6 Å². The molecule has 0 aliphatic carbocycles. The van der Waals surface area contributed by atoms with E-state index in [2.05, 4.69) is 14.9 Å². The van der Waals surface area contributed by atoms with Gasteiger partial charge in [0.1, 0.15) is 5.82 Å². The first-order chi connectivity index (χ1) is 12.5. The van der Waals surface area contributed by atoms with Gasteiger partial charge in [-0.2, -0.15) is 0 Å². The normalized spacial score (nSPS) is 12.0. The molecule has 0 bridgehead atoms. The van der Waals surface area contributed by atoms with E-state index in [1.165, 1.54) is 0 Å². The summed E-state index contributed by atoms with van der Waals surface area (Å²) in [5, 5.41) is 11.5. The molecule has 1 atom stereocenters. The van der Waals surface area contributed by atoms with Crippen molar-refractivity contribution in [1.82, 2.24) is 14.9 Å². The number of carbonyl (C=O) groups excluding carboxylic acids is 1. The Morgan fingerprint density at radius 1 is 1.12 bits per heavy atom. The molecule has 0 saturated carbocycles. The van der Waals surface area contributed by atoms with Crippen molar-refractivity contribution in [3.8, 4) is 5.69 Å². The van der Waals surface area contributed by atoms with Crippen molar-refractivity contribution in [1.29, 1.82) is 0 Å². The number of nitrogens with one attached hydrogen (secondary N) is 1. The van der Waals surface area contributed by atoms with E-state index in [0.717, 1.165) is 22.5 Å². The van der Waals surface area contributed by atoms with Gasteiger partial charge in [0.05, 0.1) is 17.5 Å². The van der Waals surface area contributed by atoms with Crippen LogP contribution in [-0.4, -0.2) is 32.6 Å². The van der Waals surface area contributed by atoms with Gasteiger partial charge in [-0.1, -0.05) is 30.3 Å². The molecule has 0 fully saturated rings. The van der Waals surface area contributed by atoms with Crippen molar-refractivity contribution >= 4 is 22.9 Å². The molecule has 1 unspecified atom stereocenters. The molecule has 26 heavy (non-hydrogen) atoms. The lowest BCUT2D eigenvalue weighted by Crippen LogP contribution is -2.34. The molecule has 6 heteroatoms. The Bertz CT molecular complexity index is 918. The van der Waals surface area contributed by atoms with Crippen LogP contribution in [0.5, 0.6) is 0 Å². The van der Waals surface area contributed by atoms with Crippen LogP contribution in [0.4, 0.5) is 0 Å². The minimum Gasteiger partial charge on any atom is -0.481 e. The molecule has 0 saturated heterocycles. The van der Waals surface area contributed by atoms with Gasteiger partial charge in [-0.15, -0.1) is 0 Å².